The molecule has 3 aromatic carbocycles. The summed E-state index contributed by atoms with van der Waals surface area (Å²) in [4.78, 5) is 67.3. The Bertz CT molecular complexity index is 1600. The third kappa shape index (κ3) is 6.78. The molecule has 2 amide bonds. The van der Waals surface area contributed by atoms with Crippen LogP contribution in [0.25, 0.3) is 0 Å². The summed E-state index contributed by atoms with van der Waals surface area (Å²) in [6.45, 7) is 5.05. The summed E-state index contributed by atoms with van der Waals surface area (Å²) in [6, 6.07) is 25.2. The number of thioether (sulfide) groups is 1. The highest BCUT2D eigenvalue weighted by atomic mass is 32.2. The summed E-state index contributed by atoms with van der Waals surface area (Å²) in [6.07, 6.45) is -0.872. The molecule has 0 saturated carbocycles. The van der Waals surface area contributed by atoms with Gasteiger partial charge in [-0.2, -0.15) is 0 Å². The van der Waals surface area contributed by atoms with Crippen molar-refractivity contribution in [2.75, 3.05) is 5.75 Å². The number of carboxylic acid groups (broad SMARTS) is 1. The van der Waals surface area contributed by atoms with Gasteiger partial charge in [0.05, 0.1) is 5.57 Å². The summed E-state index contributed by atoms with van der Waals surface area (Å²) in [7, 11) is 0. The van der Waals surface area contributed by atoms with Crippen LogP contribution in [0.5, 0.6) is 0 Å². The van der Waals surface area contributed by atoms with Crippen LogP contribution in [0.1, 0.15) is 49.5 Å². The van der Waals surface area contributed by atoms with Gasteiger partial charge in [0.1, 0.15) is 22.7 Å². The number of hydrogen-bond donors (Lipinski definition) is 2. The number of hydrogen-bond acceptors (Lipinski definition) is 8. The Morgan fingerprint density at radius 2 is 1.38 bits per heavy atom. The highest BCUT2D eigenvalue weighted by Crippen LogP contribution is 2.42. The van der Waals surface area contributed by atoms with E-state index in [0.29, 0.717) is 16.7 Å². The van der Waals surface area contributed by atoms with Crippen molar-refractivity contribution in [1.29, 1.82) is 0 Å². The largest absolute Gasteiger partial charge is 0.478 e. The van der Waals surface area contributed by atoms with Crippen LogP contribution < -0.4 is 5.32 Å². The van der Waals surface area contributed by atoms with Crippen LogP contribution in [0.2, 0.25) is 0 Å². The number of nitrogens with one attached hydrogen (secondary N) is 1. The van der Waals surface area contributed by atoms with Gasteiger partial charge in [0.15, 0.2) is 12.0 Å². The topological polar surface area (TPSA) is 139 Å². The SMILES string of the molecule is CC(C)(C)OC(=O)C(C(=O)NC1C(=O)N2C(C(=O)OC(c3ccccc3)c3ccccc3)=C(C(=O)O)CS[C@H]12)c1ccccc1. The zero-order valence-corrected chi connectivity index (χ0v) is 25.7. The second-order valence-electron chi connectivity index (χ2n) is 11.5. The van der Waals surface area contributed by atoms with Crippen LogP contribution in [-0.2, 0) is 33.4 Å². The number of aliphatic carboxylic acids is 1. The lowest BCUT2D eigenvalue weighted by Crippen LogP contribution is -2.71. The van der Waals surface area contributed by atoms with E-state index >= 15 is 0 Å². The minimum atomic E-state index is -1.36. The number of β-lactam (4-membered cyclic amide) rings is 1. The lowest BCUT2D eigenvalue weighted by Gasteiger charge is -2.49. The lowest BCUT2D eigenvalue weighted by atomic mass is 9.96. The monoisotopic (exact) mass is 628 g/mol. The first kappa shape index (κ1) is 31.5. The van der Waals surface area contributed by atoms with E-state index in [1.54, 1.807) is 99.6 Å². The lowest BCUT2D eigenvalue weighted by molar-refractivity contribution is -0.160. The molecule has 0 radical (unpaired) electrons. The molecule has 1 saturated heterocycles. The Hall–Kier alpha value is -4.90. The fourth-order valence-electron chi connectivity index (χ4n) is 5.16. The van der Waals surface area contributed by atoms with E-state index in [1.807, 2.05) is 12.1 Å². The van der Waals surface area contributed by atoms with Gasteiger partial charge >= 0.3 is 17.9 Å². The van der Waals surface area contributed by atoms with Crippen LogP contribution in [0.15, 0.2) is 102 Å². The molecule has 0 aromatic heterocycles. The number of carbonyl (C=O) groups is 5. The molecule has 2 N–H and O–H groups in total. The van der Waals surface area contributed by atoms with Crippen molar-refractivity contribution in [3.05, 3.63) is 119 Å². The first-order valence-corrected chi connectivity index (χ1v) is 15.3. The van der Waals surface area contributed by atoms with Crippen LogP contribution in [0, 0.1) is 0 Å². The zero-order chi connectivity index (χ0) is 32.3. The molecule has 0 bridgehead atoms. The highest BCUT2D eigenvalue weighted by Gasteiger charge is 2.56. The maximum Gasteiger partial charge on any atom is 0.356 e. The van der Waals surface area contributed by atoms with E-state index in [-0.39, 0.29) is 17.0 Å². The molecule has 5 rings (SSSR count). The van der Waals surface area contributed by atoms with Gasteiger partial charge in [0, 0.05) is 5.75 Å². The third-order valence-corrected chi connectivity index (χ3v) is 8.46. The van der Waals surface area contributed by atoms with E-state index in [0.717, 1.165) is 16.7 Å². The quantitative estimate of drug-likeness (QED) is 0.203. The molecule has 3 atom stereocenters. The van der Waals surface area contributed by atoms with E-state index in [4.69, 9.17) is 9.47 Å². The Labute approximate surface area is 264 Å². The zero-order valence-electron chi connectivity index (χ0n) is 24.8. The second kappa shape index (κ2) is 13.0. The molecular formula is C34H32N2O8S. The van der Waals surface area contributed by atoms with Gasteiger partial charge in [-0.3, -0.25) is 19.3 Å². The van der Waals surface area contributed by atoms with Gasteiger partial charge in [0.25, 0.3) is 5.91 Å². The van der Waals surface area contributed by atoms with Gasteiger partial charge in [-0.15, -0.1) is 11.8 Å². The number of carboxylic acids is 1. The average molecular weight is 629 g/mol. The molecule has 10 nitrogen and oxygen atoms in total. The molecule has 232 valence electrons. The minimum absolute atomic E-state index is 0.115. The Balaban J connectivity index is 1.40. The van der Waals surface area contributed by atoms with Crippen molar-refractivity contribution in [2.45, 2.75) is 49.8 Å². The second-order valence-corrected chi connectivity index (χ2v) is 12.6. The summed E-state index contributed by atoms with van der Waals surface area (Å²) >= 11 is 1.09. The van der Waals surface area contributed by atoms with E-state index in [2.05, 4.69) is 5.32 Å². The molecule has 2 unspecified atom stereocenters. The normalized spacial score (nSPS) is 18.4. The van der Waals surface area contributed by atoms with Crippen LogP contribution in [0.3, 0.4) is 0 Å². The van der Waals surface area contributed by atoms with Crippen LogP contribution >= 0.6 is 11.8 Å². The van der Waals surface area contributed by atoms with Crippen molar-refractivity contribution < 1.29 is 38.6 Å². The third-order valence-electron chi connectivity index (χ3n) is 7.18. The van der Waals surface area contributed by atoms with Crippen molar-refractivity contribution in [3.8, 4) is 0 Å². The summed E-state index contributed by atoms with van der Waals surface area (Å²) in [5.74, 6) is -6.04. The fourth-order valence-corrected chi connectivity index (χ4v) is 6.49. The number of ether oxygens (including phenoxy) is 2. The number of amides is 2. The summed E-state index contributed by atoms with van der Waals surface area (Å²) in [5.41, 5.74) is 0.169. The molecule has 11 heteroatoms. The van der Waals surface area contributed by atoms with Crippen LogP contribution in [-0.4, -0.2) is 62.5 Å². The minimum Gasteiger partial charge on any atom is -0.478 e. The van der Waals surface area contributed by atoms with Gasteiger partial charge in [-0.1, -0.05) is 91.0 Å². The Morgan fingerprint density at radius 3 is 1.87 bits per heavy atom. The maximum atomic E-state index is 13.8. The number of esters is 2. The number of rotatable bonds is 9. The molecule has 2 aliphatic rings. The van der Waals surface area contributed by atoms with Crippen molar-refractivity contribution >= 4 is 41.5 Å². The molecule has 45 heavy (non-hydrogen) atoms. The highest BCUT2D eigenvalue weighted by molar-refractivity contribution is 8.00. The van der Waals surface area contributed by atoms with E-state index in [9.17, 15) is 29.1 Å². The first-order valence-electron chi connectivity index (χ1n) is 14.3. The van der Waals surface area contributed by atoms with E-state index < -0.39 is 58.8 Å². The average Bonchev–Trinajstić information content (AvgIpc) is 3.02. The van der Waals surface area contributed by atoms with Crippen molar-refractivity contribution in [3.63, 3.8) is 0 Å². The van der Waals surface area contributed by atoms with Crippen LogP contribution in [0.4, 0.5) is 0 Å². The number of carbonyl (C=O) groups excluding carboxylic acids is 4. The van der Waals surface area contributed by atoms with Gasteiger partial charge < -0.3 is 19.9 Å². The fraction of sp³-hybridized carbons (Fsp3) is 0.265. The van der Waals surface area contributed by atoms with Gasteiger partial charge in [-0.25, -0.2) is 9.59 Å². The molecule has 0 aliphatic carbocycles. The summed E-state index contributed by atoms with van der Waals surface area (Å²) < 4.78 is 11.4. The molecule has 2 aliphatic heterocycles. The molecule has 2 heterocycles. The summed E-state index contributed by atoms with van der Waals surface area (Å²) in [5, 5.41) is 11.8. The smallest absolute Gasteiger partial charge is 0.356 e. The molecular weight excluding hydrogens is 596 g/mol. The Morgan fingerprint density at radius 1 is 0.867 bits per heavy atom. The predicted molar refractivity (Wildman–Crippen MR) is 166 cm³/mol. The van der Waals surface area contributed by atoms with Crippen molar-refractivity contribution in [1.82, 2.24) is 10.2 Å². The van der Waals surface area contributed by atoms with Gasteiger partial charge in [0.2, 0.25) is 5.91 Å². The molecule has 3 aromatic rings. The van der Waals surface area contributed by atoms with E-state index in [1.165, 1.54) is 0 Å². The standard InChI is InChI=1S/C34H32N2O8S/c1-34(2,3)44-32(41)24(20-13-7-4-8-14-20)28(37)35-25-29(38)36-26(23(31(39)40)19-45-30(25)36)33(42)43-27(21-15-9-5-10-16-21)22-17-11-6-12-18-22/h4-18,24-25,27,30H,19H2,1-3H3,(H,35,37)(H,39,40)/t24?,25?,30-/m1/s1. The first-order chi connectivity index (χ1) is 21.5. The van der Waals surface area contributed by atoms with Gasteiger partial charge in [-0.05, 0) is 37.5 Å². The van der Waals surface area contributed by atoms with Crippen molar-refractivity contribution in [2.24, 2.45) is 0 Å². The number of nitrogens with zero attached hydrogens (tertiary/aromatic N) is 1. The predicted octanol–water partition coefficient (Wildman–Crippen LogP) is 4.18. The molecule has 0 spiro atoms. The Kier molecular flexibility index (Phi) is 9.10. The maximum absolute atomic E-state index is 13.8. The number of benzene rings is 3. The number of fused-ring (bicyclic) bond motifs is 1. The molecule has 1 fully saturated rings.